The molecule has 0 fully saturated rings. The minimum Gasteiger partial charge on any atom is -0.478 e. The second-order valence-corrected chi connectivity index (χ2v) is 5.61. The number of nitrogens with one attached hydrogen (secondary N) is 1. The lowest BCUT2D eigenvalue weighted by molar-refractivity contribution is 0.0697. The van der Waals surface area contributed by atoms with E-state index in [1.54, 1.807) is 18.2 Å². The summed E-state index contributed by atoms with van der Waals surface area (Å²) in [6, 6.07) is 10.4. The zero-order chi connectivity index (χ0) is 15.5. The Kier molecular flexibility index (Phi) is 3.94. The molecule has 0 bridgehead atoms. The van der Waals surface area contributed by atoms with Crippen molar-refractivity contribution >= 4 is 35.7 Å². The number of nitrogens with zero attached hydrogens (tertiary/aromatic N) is 3. The fourth-order valence-corrected chi connectivity index (χ4v) is 2.77. The molecule has 0 aliphatic rings. The molecule has 0 aliphatic carbocycles. The van der Waals surface area contributed by atoms with Crippen molar-refractivity contribution in [1.29, 1.82) is 0 Å². The molecule has 110 valence electrons. The summed E-state index contributed by atoms with van der Waals surface area (Å²) in [6.07, 6.45) is 1.46. The Labute approximate surface area is 134 Å². The molecule has 0 radical (unpaired) electrons. The lowest BCUT2D eigenvalue weighted by Crippen LogP contribution is -2.02. The third-order valence-electron chi connectivity index (χ3n) is 2.90. The summed E-state index contributed by atoms with van der Waals surface area (Å²) in [6.45, 7) is 0. The number of hydrogen-bond donors (Lipinski definition) is 2. The summed E-state index contributed by atoms with van der Waals surface area (Å²) in [5.74, 6) is -0.416. The molecule has 2 aromatic heterocycles. The molecule has 3 rings (SSSR count). The summed E-state index contributed by atoms with van der Waals surface area (Å²) >= 11 is 6.68. The van der Waals surface area contributed by atoms with Crippen molar-refractivity contribution in [2.45, 2.75) is 0 Å². The van der Waals surface area contributed by atoms with Gasteiger partial charge in [-0.3, -0.25) is 0 Å². The number of rotatable bonds is 4. The molecule has 0 saturated carbocycles. The van der Waals surface area contributed by atoms with E-state index in [2.05, 4.69) is 15.3 Å². The minimum atomic E-state index is -1.00. The van der Waals surface area contributed by atoms with Gasteiger partial charge in [-0.25, -0.2) is 9.89 Å². The first-order valence-corrected chi connectivity index (χ1v) is 7.53. The minimum absolute atomic E-state index is 0.180. The zero-order valence-corrected chi connectivity index (χ0v) is 12.8. The number of thiophene rings is 1. The van der Waals surface area contributed by atoms with Crippen molar-refractivity contribution in [3.05, 3.63) is 57.7 Å². The third kappa shape index (κ3) is 2.74. The van der Waals surface area contributed by atoms with Gasteiger partial charge >= 0.3 is 5.97 Å². The molecule has 0 spiro atoms. The summed E-state index contributed by atoms with van der Waals surface area (Å²) in [5.41, 5.74) is 0.675. The van der Waals surface area contributed by atoms with Crippen LogP contribution in [0.5, 0.6) is 0 Å². The number of H-pyrrole nitrogens is 1. The number of aromatic carboxylic acids is 1. The second kappa shape index (κ2) is 6.04. The van der Waals surface area contributed by atoms with E-state index in [0.717, 1.165) is 4.88 Å². The van der Waals surface area contributed by atoms with Gasteiger partial charge in [0.25, 0.3) is 0 Å². The number of carbonyl (C=O) groups is 1. The highest BCUT2D eigenvalue weighted by molar-refractivity contribution is 7.71. The van der Waals surface area contributed by atoms with E-state index in [0.29, 0.717) is 16.2 Å². The molecule has 3 aromatic rings. The van der Waals surface area contributed by atoms with Crippen molar-refractivity contribution in [3.63, 3.8) is 0 Å². The highest BCUT2D eigenvalue weighted by Gasteiger charge is 2.10. The summed E-state index contributed by atoms with van der Waals surface area (Å²) in [4.78, 5) is 12.1. The maximum Gasteiger partial charge on any atom is 0.336 e. The fourth-order valence-electron chi connectivity index (χ4n) is 1.89. The first-order valence-electron chi connectivity index (χ1n) is 6.25. The Morgan fingerprint density at radius 1 is 1.36 bits per heavy atom. The highest BCUT2D eigenvalue weighted by atomic mass is 32.1. The van der Waals surface area contributed by atoms with Crippen molar-refractivity contribution in [2.24, 2.45) is 5.10 Å². The summed E-state index contributed by atoms with van der Waals surface area (Å²) in [7, 11) is 0. The molecule has 6 nitrogen and oxygen atoms in total. The largest absolute Gasteiger partial charge is 0.478 e. The maximum atomic E-state index is 11.2. The molecule has 2 heterocycles. The Balaban J connectivity index is 2.03. The number of aromatic amines is 1. The third-order valence-corrected chi connectivity index (χ3v) is 4.03. The quantitative estimate of drug-likeness (QED) is 0.568. The Hall–Kier alpha value is -2.58. The van der Waals surface area contributed by atoms with Crippen molar-refractivity contribution in [1.82, 2.24) is 14.9 Å². The standard InChI is InChI=1S/C14H10N4O2S2/c19-13(20)10-5-2-1-4-9(10)8-15-18-12(16-17-14(18)21)11-6-3-7-22-11/h1-8H,(H,17,21)(H,19,20)/b15-8+. The van der Waals surface area contributed by atoms with Crippen LogP contribution >= 0.6 is 23.6 Å². The lowest BCUT2D eigenvalue weighted by Gasteiger charge is -2.01. The molecular formula is C14H10N4O2S2. The zero-order valence-electron chi connectivity index (χ0n) is 11.1. The number of carboxylic acids is 1. The average Bonchev–Trinajstić information content (AvgIpc) is 3.15. The SMILES string of the molecule is O=C(O)c1ccccc1/C=N/n1c(-c2cccs2)n[nH]c1=S. The van der Waals surface area contributed by atoms with E-state index in [4.69, 9.17) is 12.2 Å². The van der Waals surface area contributed by atoms with E-state index < -0.39 is 5.97 Å². The predicted molar refractivity (Wildman–Crippen MR) is 87.1 cm³/mol. The van der Waals surface area contributed by atoms with E-state index in [1.807, 2.05) is 17.5 Å². The molecule has 0 aliphatic heterocycles. The van der Waals surface area contributed by atoms with Crippen LogP contribution < -0.4 is 0 Å². The second-order valence-electron chi connectivity index (χ2n) is 4.28. The van der Waals surface area contributed by atoms with Gasteiger partial charge in [0.05, 0.1) is 16.7 Å². The van der Waals surface area contributed by atoms with E-state index >= 15 is 0 Å². The smallest absolute Gasteiger partial charge is 0.336 e. The summed E-state index contributed by atoms with van der Waals surface area (Å²) in [5, 5.41) is 22.2. The van der Waals surface area contributed by atoms with Crippen LogP contribution in [0.2, 0.25) is 0 Å². The van der Waals surface area contributed by atoms with Gasteiger partial charge in [0.1, 0.15) is 0 Å². The van der Waals surface area contributed by atoms with Crippen molar-refractivity contribution < 1.29 is 9.90 Å². The van der Waals surface area contributed by atoms with Crippen LogP contribution in [-0.4, -0.2) is 32.2 Å². The normalized spacial score (nSPS) is 11.1. The average molecular weight is 330 g/mol. The predicted octanol–water partition coefficient (Wildman–Crippen LogP) is 3.25. The number of carboxylic acid groups (broad SMARTS) is 1. The Bertz CT molecular complexity index is 894. The van der Waals surface area contributed by atoms with Crippen LogP contribution in [0.25, 0.3) is 10.7 Å². The lowest BCUT2D eigenvalue weighted by atomic mass is 10.1. The van der Waals surface area contributed by atoms with Gasteiger partial charge in [-0.2, -0.15) is 14.9 Å². The molecule has 8 heteroatoms. The van der Waals surface area contributed by atoms with E-state index in [9.17, 15) is 9.90 Å². The first kappa shape index (κ1) is 14.4. The van der Waals surface area contributed by atoms with Gasteiger partial charge in [-0.15, -0.1) is 11.3 Å². The van der Waals surface area contributed by atoms with Crippen LogP contribution in [0.4, 0.5) is 0 Å². The van der Waals surface area contributed by atoms with Crippen LogP contribution in [0, 0.1) is 4.77 Å². The van der Waals surface area contributed by atoms with Gasteiger partial charge in [0, 0.05) is 5.56 Å². The van der Waals surface area contributed by atoms with E-state index in [-0.39, 0.29) is 5.56 Å². The van der Waals surface area contributed by atoms with Crippen LogP contribution in [0.1, 0.15) is 15.9 Å². The van der Waals surface area contributed by atoms with Crippen LogP contribution in [0.3, 0.4) is 0 Å². The molecule has 0 atom stereocenters. The molecule has 0 saturated heterocycles. The molecular weight excluding hydrogens is 320 g/mol. The van der Waals surface area contributed by atoms with Gasteiger partial charge in [0.2, 0.25) is 4.77 Å². The first-order chi connectivity index (χ1) is 10.7. The number of aromatic nitrogens is 3. The summed E-state index contributed by atoms with van der Waals surface area (Å²) < 4.78 is 1.81. The van der Waals surface area contributed by atoms with Crippen LogP contribution in [0.15, 0.2) is 46.9 Å². The Morgan fingerprint density at radius 3 is 2.91 bits per heavy atom. The monoisotopic (exact) mass is 330 g/mol. The fraction of sp³-hybridized carbons (Fsp3) is 0. The Morgan fingerprint density at radius 2 is 2.18 bits per heavy atom. The molecule has 0 unspecified atom stereocenters. The molecule has 1 aromatic carbocycles. The van der Waals surface area contributed by atoms with Gasteiger partial charge < -0.3 is 5.11 Å². The van der Waals surface area contributed by atoms with Gasteiger partial charge in [-0.1, -0.05) is 24.3 Å². The van der Waals surface area contributed by atoms with E-state index in [1.165, 1.54) is 28.3 Å². The topological polar surface area (TPSA) is 83.3 Å². The molecule has 0 amide bonds. The number of benzene rings is 1. The van der Waals surface area contributed by atoms with Crippen molar-refractivity contribution in [2.75, 3.05) is 0 Å². The highest BCUT2D eigenvalue weighted by Crippen LogP contribution is 2.22. The molecule has 22 heavy (non-hydrogen) atoms. The van der Waals surface area contributed by atoms with Crippen molar-refractivity contribution in [3.8, 4) is 10.7 Å². The maximum absolute atomic E-state index is 11.2. The van der Waals surface area contributed by atoms with Gasteiger partial charge in [-0.05, 0) is 29.7 Å². The molecule has 2 N–H and O–H groups in total. The number of hydrogen-bond acceptors (Lipinski definition) is 5. The van der Waals surface area contributed by atoms with Crippen LogP contribution in [-0.2, 0) is 0 Å². The van der Waals surface area contributed by atoms with Gasteiger partial charge in [0.15, 0.2) is 5.82 Å².